The molecule has 1 saturated heterocycles. The molecule has 2 aliphatic heterocycles. The quantitative estimate of drug-likeness (QED) is 0.831. The van der Waals surface area contributed by atoms with E-state index in [1.54, 1.807) is 0 Å². The van der Waals surface area contributed by atoms with Crippen LogP contribution >= 0.6 is 0 Å². The number of benzene rings is 1. The molecular weight excluding hydrogens is 342 g/mol. The van der Waals surface area contributed by atoms with Crippen molar-refractivity contribution in [3.05, 3.63) is 41.5 Å². The Bertz CT molecular complexity index is 822. The molecule has 0 N–H and O–H groups in total. The van der Waals surface area contributed by atoms with E-state index in [4.69, 9.17) is 9.26 Å². The highest BCUT2D eigenvalue weighted by atomic mass is 16.5. The van der Waals surface area contributed by atoms with Crippen LogP contribution in [0.15, 0.2) is 28.8 Å². The first kappa shape index (κ1) is 16.8. The van der Waals surface area contributed by atoms with Gasteiger partial charge in [0.15, 0.2) is 5.82 Å². The highest BCUT2D eigenvalue weighted by Gasteiger charge is 2.33. The number of amides is 1. The lowest BCUT2D eigenvalue weighted by Gasteiger charge is -2.35. The van der Waals surface area contributed by atoms with E-state index in [2.05, 4.69) is 16.2 Å². The van der Waals surface area contributed by atoms with Gasteiger partial charge < -0.3 is 14.2 Å². The highest BCUT2D eigenvalue weighted by Crippen LogP contribution is 2.39. The third kappa shape index (κ3) is 3.57. The molecule has 1 aromatic heterocycles. The molecule has 3 heterocycles. The molecule has 1 aromatic carbocycles. The molecule has 1 saturated carbocycles. The van der Waals surface area contributed by atoms with Crippen molar-refractivity contribution in [2.45, 2.75) is 44.4 Å². The lowest BCUT2D eigenvalue weighted by atomic mass is 9.91. The molecule has 0 radical (unpaired) electrons. The highest BCUT2D eigenvalue weighted by molar-refractivity contribution is 5.80. The standard InChI is InChI=1S/C21H25N3O3/c25-21(17-12-16-3-1-2-4-18(16)26-13-17)24-9-7-14(8-10-24)11-19-22-20(27-23-19)15-5-6-15/h1-4,14-15,17H,5-13H2/t17-/m1/s1. The van der Waals surface area contributed by atoms with Crippen molar-refractivity contribution >= 4 is 5.91 Å². The van der Waals surface area contributed by atoms with Gasteiger partial charge in [-0.2, -0.15) is 4.98 Å². The molecule has 0 unspecified atom stereocenters. The van der Waals surface area contributed by atoms with E-state index in [0.29, 0.717) is 18.4 Å². The number of para-hydroxylation sites is 1. The van der Waals surface area contributed by atoms with Gasteiger partial charge in [0.2, 0.25) is 11.8 Å². The van der Waals surface area contributed by atoms with E-state index < -0.39 is 0 Å². The molecular formula is C21H25N3O3. The van der Waals surface area contributed by atoms with E-state index in [1.165, 1.54) is 12.8 Å². The third-order valence-corrected chi connectivity index (χ3v) is 6.04. The average Bonchev–Trinajstić information content (AvgIpc) is 3.47. The van der Waals surface area contributed by atoms with Crippen LogP contribution in [-0.4, -0.2) is 40.6 Å². The number of aromatic nitrogens is 2. The molecule has 1 aliphatic carbocycles. The topological polar surface area (TPSA) is 68.5 Å². The molecule has 3 aliphatic rings. The zero-order chi connectivity index (χ0) is 18.2. The molecule has 0 bridgehead atoms. The smallest absolute Gasteiger partial charge is 0.229 e. The maximum absolute atomic E-state index is 12.9. The molecule has 6 nitrogen and oxygen atoms in total. The minimum atomic E-state index is -0.0604. The SMILES string of the molecule is O=C([C@H]1COc2ccccc2C1)N1CCC(Cc2noc(C3CC3)n2)CC1. The summed E-state index contributed by atoms with van der Waals surface area (Å²) in [5.41, 5.74) is 1.14. The van der Waals surface area contributed by atoms with E-state index >= 15 is 0 Å². The van der Waals surface area contributed by atoms with Crippen molar-refractivity contribution in [3.63, 3.8) is 0 Å². The fourth-order valence-corrected chi connectivity index (χ4v) is 4.21. The summed E-state index contributed by atoms with van der Waals surface area (Å²) < 4.78 is 11.2. The Hall–Kier alpha value is -2.37. The summed E-state index contributed by atoms with van der Waals surface area (Å²) >= 11 is 0. The Morgan fingerprint density at radius 1 is 1.15 bits per heavy atom. The van der Waals surface area contributed by atoms with Gasteiger partial charge in [-0.25, -0.2) is 0 Å². The van der Waals surface area contributed by atoms with Crippen molar-refractivity contribution in [1.82, 2.24) is 15.0 Å². The van der Waals surface area contributed by atoms with E-state index in [1.807, 2.05) is 23.1 Å². The van der Waals surface area contributed by atoms with Crippen molar-refractivity contribution < 1.29 is 14.1 Å². The van der Waals surface area contributed by atoms with Gasteiger partial charge in [0.1, 0.15) is 12.4 Å². The van der Waals surface area contributed by atoms with Crippen LogP contribution in [0.2, 0.25) is 0 Å². The van der Waals surface area contributed by atoms with E-state index in [0.717, 1.165) is 61.8 Å². The Balaban J connectivity index is 1.14. The summed E-state index contributed by atoms with van der Waals surface area (Å²) in [4.78, 5) is 19.5. The van der Waals surface area contributed by atoms with Crippen LogP contribution in [0.1, 0.15) is 48.9 Å². The van der Waals surface area contributed by atoms with Gasteiger partial charge in [-0.05, 0) is 49.7 Å². The van der Waals surface area contributed by atoms with Crippen LogP contribution in [0, 0.1) is 11.8 Å². The number of carbonyl (C=O) groups is 1. The van der Waals surface area contributed by atoms with Gasteiger partial charge in [-0.1, -0.05) is 23.4 Å². The average molecular weight is 367 g/mol. The van der Waals surface area contributed by atoms with Gasteiger partial charge in [-0.15, -0.1) is 0 Å². The first-order chi connectivity index (χ1) is 13.3. The number of hydrogen-bond acceptors (Lipinski definition) is 5. The van der Waals surface area contributed by atoms with E-state index in [-0.39, 0.29) is 11.8 Å². The van der Waals surface area contributed by atoms with E-state index in [9.17, 15) is 4.79 Å². The fraction of sp³-hybridized carbons (Fsp3) is 0.571. The largest absolute Gasteiger partial charge is 0.492 e. The summed E-state index contributed by atoms with van der Waals surface area (Å²) in [6, 6.07) is 8.02. The maximum atomic E-state index is 12.9. The predicted molar refractivity (Wildman–Crippen MR) is 98.4 cm³/mol. The Morgan fingerprint density at radius 3 is 2.78 bits per heavy atom. The lowest BCUT2D eigenvalue weighted by Crippen LogP contribution is -2.45. The number of piperidine rings is 1. The molecule has 1 amide bonds. The summed E-state index contributed by atoms with van der Waals surface area (Å²) in [6.07, 6.45) is 6.00. The maximum Gasteiger partial charge on any atom is 0.229 e. The van der Waals surface area contributed by atoms with Crippen LogP contribution in [0.5, 0.6) is 5.75 Å². The first-order valence-electron chi connectivity index (χ1n) is 10.1. The van der Waals surface area contributed by atoms with Gasteiger partial charge >= 0.3 is 0 Å². The molecule has 1 atom stereocenters. The second-order valence-electron chi connectivity index (χ2n) is 8.12. The summed E-state index contributed by atoms with van der Waals surface area (Å²) in [5, 5.41) is 4.14. The number of fused-ring (bicyclic) bond motifs is 1. The van der Waals surface area contributed by atoms with Crippen molar-refractivity contribution in [1.29, 1.82) is 0 Å². The number of likely N-dealkylation sites (tertiary alicyclic amines) is 1. The number of hydrogen-bond donors (Lipinski definition) is 0. The zero-order valence-electron chi connectivity index (χ0n) is 15.5. The molecule has 6 heteroatoms. The third-order valence-electron chi connectivity index (χ3n) is 6.04. The number of carbonyl (C=O) groups excluding carboxylic acids is 1. The van der Waals surface area contributed by atoms with Gasteiger partial charge in [0.25, 0.3) is 0 Å². The van der Waals surface area contributed by atoms with Gasteiger partial charge in [0, 0.05) is 25.4 Å². The van der Waals surface area contributed by atoms with Crippen molar-refractivity contribution in [3.8, 4) is 5.75 Å². The molecule has 2 aromatic rings. The second-order valence-corrected chi connectivity index (χ2v) is 8.12. The monoisotopic (exact) mass is 367 g/mol. The Morgan fingerprint density at radius 2 is 1.96 bits per heavy atom. The van der Waals surface area contributed by atoms with Crippen LogP contribution in [0.3, 0.4) is 0 Å². The molecule has 5 rings (SSSR count). The fourth-order valence-electron chi connectivity index (χ4n) is 4.21. The van der Waals surface area contributed by atoms with Crippen molar-refractivity contribution in [2.75, 3.05) is 19.7 Å². The molecule has 2 fully saturated rings. The minimum absolute atomic E-state index is 0.0604. The van der Waals surface area contributed by atoms with Crippen LogP contribution < -0.4 is 4.74 Å². The summed E-state index contributed by atoms with van der Waals surface area (Å²) in [7, 11) is 0. The van der Waals surface area contributed by atoms with Crippen LogP contribution in [0.4, 0.5) is 0 Å². The molecule has 0 spiro atoms. The van der Waals surface area contributed by atoms with Gasteiger partial charge in [-0.3, -0.25) is 4.79 Å². The van der Waals surface area contributed by atoms with Gasteiger partial charge in [0.05, 0.1) is 5.92 Å². The summed E-state index contributed by atoms with van der Waals surface area (Å²) in [6.45, 7) is 2.12. The zero-order valence-corrected chi connectivity index (χ0v) is 15.5. The Kier molecular flexibility index (Phi) is 4.34. The molecule has 27 heavy (non-hydrogen) atoms. The number of ether oxygens (including phenoxy) is 1. The predicted octanol–water partition coefficient (Wildman–Crippen LogP) is 2.98. The Labute approximate surface area is 158 Å². The summed E-state index contributed by atoms with van der Waals surface area (Å²) in [5.74, 6) is 3.78. The first-order valence-corrected chi connectivity index (χ1v) is 10.1. The van der Waals surface area contributed by atoms with Crippen LogP contribution in [0.25, 0.3) is 0 Å². The molecule has 142 valence electrons. The number of nitrogens with zero attached hydrogens (tertiary/aromatic N) is 3. The van der Waals surface area contributed by atoms with Crippen LogP contribution in [-0.2, 0) is 17.6 Å². The minimum Gasteiger partial charge on any atom is -0.492 e. The van der Waals surface area contributed by atoms with Crippen molar-refractivity contribution in [2.24, 2.45) is 11.8 Å². The second kappa shape index (κ2) is 6.98. The lowest BCUT2D eigenvalue weighted by molar-refractivity contribution is -0.138. The number of rotatable bonds is 4. The normalized spacial score (nSPS) is 23.0.